The van der Waals surface area contributed by atoms with Crippen molar-refractivity contribution in [1.29, 1.82) is 0 Å². The fraction of sp³-hybridized carbons (Fsp3) is 0.524. The van der Waals surface area contributed by atoms with E-state index in [2.05, 4.69) is 23.3 Å². The Balaban J connectivity index is 1.56. The van der Waals surface area contributed by atoms with E-state index >= 15 is 0 Å². The van der Waals surface area contributed by atoms with Crippen LogP contribution in [0.25, 0.3) is 0 Å². The van der Waals surface area contributed by atoms with E-state index in [4.69, 9.17) is 11.6 Å². The number of benzene rings is 1. The Morgan fingerprint density at radius 2 is 2.04 bits per heavy atom. The van der Waals surface area contributed by atoms with E-state index in [-0.39, 0.29) is 17.8 Å². The second kappa shape index (κ2) is 7.43. The Morgan fingerprint density at radius 3 is 2.85 bits per heavy atom. The molecule has 2 aliphatic rings. The summed E-state index contributed by atoms with van der Waals surface area (Å²) >= 11 is 5.95. The molecule has 1 heterocycles. The Hall–Kier alpha value is -1.81. The van der Waals surface area contributed by atoms with Gasteiger partial charge in [-0.05, 0) is 60.8 Å². The summed E-state index contributed by atoms with van der Waals surface area (Å²) in [6, 6.07) is 6.95. The van der Waals surface area contributed by atoms with E-state index in [0.717, 1.165) is 25.7 Å². The molecule has 1 aromatic carbocycles. The zero-order chi connectivity index (χ0) is 18.1. The summed E-state index contributed by atoms with van der Waals surface area (Å²) in [7, 11) is 1.98. The van der Waals surface area contributed by atoms with Crippen LogP contribution in [0, 0.1) is 0 Å². The van der Waals surface area contributed by atoms with Crippen molar-refractivity contribution in [2.24, 2.45) is 7.05 Å². The molecule has 0 saturated carbocycles. The molecule has 1 unspecified atom stereocenters. The van der Waals surface area contributed by atoms with E-state index in [1.54, 1.807) is 0 Å². The van der Waals surface area contributed by atoms with Gasteiger partial charge < -0.3 is 4.90 Å². The number of hydrogen-bond acceptors (Lipinski definition) is 2. The molecular formula is C21H26ClN3O. The summed E-state index contributed by atoms with van der Waals surface area (Å²) < 4.78 is 1.95. The Bertz CT molecular complexity index is 814. The van der Waals surface area contributed by atoms with Gasteiger partial charge >= 0.3 is 0 Å². The number of fused-ring (bicyclic) bond motifs is 2. The van der Waals surface area contributed by atoms with Crippen molar-refractivity contribution in [2.75, 3.05) is 5.88 Å². The largest absolute Gasteiger partial charge is 0.334 e. The number of alkyl halides is 1. The Morgan fingerprint density at radius 1 is 1.23 bits per heavy atom. The molecule has 26 heavy (non-hydrogen) atoms. The molecule has 138 valence electrons. The van der Waals surface area contributed by atoms with E-state index < -0.39 is 0 Å². The predicted molar refractivity (Wildman–Crippen MR) is 103 cm³/mol. The number of halogens is 1. The lowest BCUT2D eigenvalue weighted by Gasteiger charge is -2.34. The molecule has 5 heteroatoms. The summed E-state index contributed by atoms with van der Waals surface area (Å²) in [5, 5.41) is 4.38. The highest BCUT2D eigenvalue weighted by Crippen LogP contribution is 2.27. The van der Waals surface area contributed by atoms with Gasteiger partial charge in [0.15, 0.2) is 0 Å². The summed E-state index contributed by atoms with van der Waals surface area (Å²) in [5.74, 6) is 0.0691. The number of carbonyl (C=O) groups excluding carboxylic acids is 1. The normalized spacial score (nSPS) is 18.9. The third-order valence-corrected chi connectivity index (χ3v) is 6.19. The number of aryl methyl sites for hydroxylation is 4. The molecule has 0 N–H and O–H groups in total. The molecule has 0 fully saturated rings. The van der Waals surface area contributed by atoms with Gasteiger partial charge in [-0.1, -0.05) is 18.2 Å². The van der Waals surface area contributed by atoms with Crippen molar-refractivity contribution in [3.05, 3.63) is 52.3 Å². The lowest BCUT2D eigenvalue weighted by atomic mass is 9.89. The molecular weight excluding hydrogens is 346 g/mol. The number of carbonyl (C=O) groups is 1. The average molecular weight is 372 g/mol. The molecule has 2 aromatic rings. The summed E-state index contributed by atoms with van der Waals surface area (Å²) in [4.78, 5) is 14.6. The van der Waals surface area contributed by atoms with Crippen molar-refractivity contribution in [2.45, 2.75) is 57.5 Å². The van der Waals surface area contributed by atoms with Crippen molar-refractivity contribution in [3.8, 4) is 0 Å². The van der Waals surface area contributed by atoms with Crippen LogP contribution in [-0.2, 0) is 44.1 Å². The van der Waals surface area contributed by atoms with Crippen molar-refractivity contribution in [1.82, 2.24) is 14.7 Å². The maximum Gasteiger partial charge on any atom is 0.238 e. The highest BCUT2D eigenvalue weighted by Gasteiger charge is 2.29. The molecule has 0 saturated heterocycles. The van der Waals surface area contributed by atoms with Gasteiger partial charge in [0.2, 0.25) is 5.91 Å². The average Bonchev–Trinajstić information content (AvgIpc) is 3.05. The predicted octanol–water partition coefficient (Wildman–Crippen LogP) is 3.42. The van der Waals surface area contributed by atoms with Crippen LogP contribution in [0.15, 0.2) is 24.4 Å². The Labute approximate surface area is 160 Å². The Kier molecular flexibility index (Phi) is 5.03. The molecule has 1 atom stereocenters. The lowest BCUT2D eigenvalue weighted by Crippen LogP contribution is -2.43. The van der Waals surface area contributed by atoms with Crippen molar-refractivity contribution < 1.29 is 4.79 Å². The van der Waals surface area contributed by atoms with Gasteiger partial charge in [-0.25, -0.2) is 0 Å². The highest BCUT2D eigenvalue weighted by molar-refractivity contribution is 6.27. The zero-order valence-corrected chi connectivity index (χ0v) is 16.1. The second-order valence-corrected chi connectivity index (χ2v) is 7.87. The first-order chi connectivity index (χ1) is 12.7. The van der Waals surface area contributed by atoms with Gasteiger partial charge in [0.1, 0.15) is 5.88 Å². The standard InChI is InChI=1S/C21H26ClN3O/c1-24-20-11-19(9-8-18(20)13-23-24)25(21(26)12-22)14-15-6-7-16-4-2-3-5-17(16)10-15/h6-7,10,13,19H,2-5,8-9,11-12,14H2,1H3. The van der Waals surface area contributed by atoms with E-state index in [9.17, 15) is 4.79 Å². The SMILES string of the molecule is Cn1ncc2c1CC(N(Cc1ccc3c(c1)CCCC3)C(=O)CCl)CC2. The van der Waals surface area contributed by atoms with Crippen LogP contribution in [-0.4, -0.2) is 32.5 Å². The van der Waals surface area contributed by atoms with Crippen LogP contribution in [0.2, 0.25) is 0 Å². The first-order valence-electron chi connectivity index (χ1n) is 9.61. The van der Waals surface area contributed by atoms with Gasteiger partial charge in [0.25, 0.3) is 0 Å². The molecule has 4 nitrogen and oxygen atoms in total. The fourth-order valence-corrected chi connectivity index (χ4v) is 4.63. The molecule has 0 radical (unpaired) electrons. The van der Waals surface area contributed by atoms with Crippen molar-refractivity contribution >= 4 is 17.5 Å². The smallest absolute Gasteiger partial charge is 0.238 e. The van der Waals surface area contributed by atoms with Crippen LogP contribution < -0.4 is 0 Å². The number of rotatable bonds is 4. The molecule has 1 aromatic heterocycles. The van der Waals surface area contributed by atoms with Crippen LogP contribution in [0.4, 0.5) is 0 Å². The monoisotopic (exact) mass is 371 g/mol. The number of amides is 1. The van der Waals surface area contributed by atoms with Gasteiger partial charge in [-0.2, -0.15) is 5.10 Å². The summed E-state index contributed by atoms with van der Waals surface area (Å²) in [6.45, 7) is 0.649. The van der Waals surface area contributed by atoms with Gasteiger partial charge in [-0.3, -0.25) is 9.48 Å². The van der Waals surface area contributed by atoms with Gasteiger partial charge in [0.05, 0.1) is 6.20 Å². The number of aromatic nitrogens is 2. The third-order valence-electron chi connectivity index (χ3n) is 5.97. The molecule has 2 aliphatic carbocycles. The highest BCUT2D eigenvalue weighted by atomic mass is 35.5. The lowest BCUT2D eigenvalue weighted by molar-refractivity contribution is -0.131. The second-order valence-electron chi connectivity index (χ2n) is 7.60. The minimum Gasteiger partial charge on any atom is -0.334 e. The molecule has 0 aliphatic heterocycles. The van der Waals surface area contributed by atoms with Gasteiger partial charge in [0, 0.05) is 31.7 Å². The fourth-order valence-electron chi connectivity index (χ4n) is 4.47. The molecule has 0 spiro atoms. The van der Waals surface area contributed by atoms with Crippen molar-refractivity contribution in [3.63, 3.8) is 0 Å². The molecule has 1 amide bonds. The van der Waals surface area contributed by atoms with Crippen LogP contribution in [0.1, 0.15) is 47.2 Å². The summed E-state index contributed by atoms with van der Waals surface area (Å²) in [5.41, 5.74) is 6.73. The van der Waals surface area contributed by atoms with Gasteiger partial charge in [-0.15, -0.1) is 11.6 Å². The maximum atomic E-state index is 12.6. The van der Waals surface area contributed by atoms with E-state index in [0.29, 0.717) is 6.54 Å². The zero-order valence-electron chi connectivity index (χ0n) is 15.4. The molecule has 4 rings (SSSR count). The number of nitrogens with zero attached hydrogens (tertiary/aromatic N) is 3. The third kappa shape index (κ3) is 3.39. The van der Waals surface area contributed by atoms with Crippen LogP contribution in [0.5, 0.6) is 0 Å². The van der Waals surface area contributed by atoms with Crippen LogP contribution >= 0.6 is 11.6 Å². The number of hydrogen-bond donors (Lipinski definition) is 0. The topological polar surface area (TPSA) is 38.1 Å². The molecule has 0 bridgehead atoms. The van der Waals surface area contributed by atoms with Crippen LogP contribution in [0.3, 0.4) is 0 Å². The first kappa shape index (κ1) is 17.6. The minimum atomic E-state index is 0.0278. The van der Waals surface area contributed by atoms with E-state index in [1.807, 2.05) is 22.8 Å². The summed E-state index contributed by atoms with van der Waals surface area (Å²) in [6.07, 6.45) is 9.68. The van der Waals surface area contributed by atoms with E-state index in [1.165, 1.54) is 47.2 Å². The maximum absolute atomic E-state index is 12.6. The minimum absolute atomic E-state index is 0.0278. The first-order valence-corrected chi connectivity index (χ1v) is 10.1. The quantitative estimate of drug-likeness (QED) is 0.772.